The molecule has 2 rings (SSSR count). The quantitative estimate of drug-likeness (QED) is 0.711. The molecule has 0 saturated heterocycles. The average Bonchev–Trinajstić information content (AvgIpc) is 2.67. The molecule has 0 spiro atoms. The Morgan fingerprint density at radius 3 is 2.57 bits per heavy atom. The Balaban J connectivity index is 2.25. The minimum absolute atomic E-state index is 0.743. The lowest BCUT2D eigenvalue weighted by atomic mass is 10.2. The van der Waals surface area contributed by atoms with Crippen LogP contribution in [0, 0.1) is 0 Å². The van der Waals surface area contributed by atoms with Gasteiger partial charge in [0.1, 0.15) is 0 Å². The van der Waals surface area contributed by atoms with E-state index in [1.165, 1.54) is 0 Å². The average molecular weight is 207 g/mol. The molecule has 3 heteroatoms. The summed E-state index contributed by atoms with van der Waals surface area (Å²) in [7, 11) is 0. The first kappa shape index (κ1) is 9.41. The summed E-state index contributed by atoms with van der Waals surface area (Å²) in [4.78, 5) is 8.79. The number of aliphatic imine (C=N–C) groups is 2. The summed E-state index contributed by atoms with van der Waals surface area (Å²) in [5, 5.41) is 0.743. The van der Waals surface area contributed by atoms with Crippen LogP contribution in [0.4, 0.5) is 0 Å². The first-order valence-corrected chi connectivity index (χ1v) is 5.04. The maximum Gasteiger partial charge on any atom is 0.154 e. The fourth-order valence-corrected chi connectivity index (χ4v) is 1.46. The van der Waals surface area contributed by atoms with Crippen molar-refractivity contribution in [1.82, 2.24) is 0 Å². The number of amidine groups is 1. The molecule has 0 fully saturated rings. The van der Waals surface area contributed by atoms with Gasteiger partial charge >= 0.3 is 0 Å². The Bertz CT molecular complexity index is 390. The second-order valence-corrected chi connectivity index (χ2v) is 3.61. The highest BCUT2D eigenvalue weighted by Gasteiger charge is 2.09. The molecule has 72 valence electrons. The lowest BCUT2D eigenvalue weighted by molar-refractivity contribution is 1.21. The largest absolute Gasteiger partial charge is 0.260 e. The second-order valence-electron chi connectivity index (χ2n) is 3.18. The highest BCUT2D eigenvalue weighted by molar-refractivity contribution is 6.30. The highest BCUT2D eigenvalue weighted by Crippen LogP contribution is 2.13. The van der Waals surface area contributed by atoms with Crippen LogP contribution >= 0.6 is 11.6 Å². The van der Waals surface area contributed by atoms with E-state index in [0.29, 0.717) is 0 Å². The normalized spacial score (nSPS) is 15.3. The zero-order valence-corrected chi connectivity index (χ0v) is 8.75. The van der Waals surface area contributed by atoms with Gasteiger partial charge in [0.2, 0.25) is 0 Å². The third kappa shape index (κ3) is 1.85. The SMILES string of the molecule is CCC1=NC(c2ccc(Cl)cc2)=NC1. The van der Waals surface area contributed by atoms with Crippen LogP contribution in [0.1, 0.15) is 18.9 Å². The summed E-state index contributed by atoms with van der Waals surface area (Å²) in [6.45, 7) is 2.84. The van der Waals surface area contributed by atoms with Crippen molar-refractivity contribution >= 4 is 23.1 Å². The van der Waals surface area contributed by atoms with Crippen LogP contribution in [0.25, 0.3) is 0 Å². The lowest BCUT2D eigenvalue weighted by Crippen LogP contribution is -1.95. The Morgan fingerprint density at radius 2 is 2.00 bits per heavy atom. The van der Waals surface area contributed by atoms with Crippen molar-refractivity contribution in [3.63, 3.8) is 0 Å². The maximum absolute atomic E-state index is 5.80. The van der Waals surface area contributed by atoms with Crippen LogP contribution in [-0.2, 0) is 0 Å². The van der Waals surface area contributed by atoms with Crippen LogP contribution in [-0.4, -0.2) is 18.1 Å². The van der Waals surface area contributed by atoms with E-state index in [-0.39, 0.29) is 0 Å². The Labute approximate surface area is 88.3 Å². The Hall–Kier alpha value is -1.15. The third-order valence-electron chi connectivity index (χ3n) is 2.19. The molecule has 0 saturated carbocycles. The Morgan fingerprint density at radius 1 is 1.29 bits per heavy atom. The third-order valence-corrected chi connectivity index (χ3v) is 2.44. The van der Waals surface area contributed by atoms with E-state index in [0.717, 1.165) is 35.1 Å². The highest BCUT2D eigenvalue weighted by atomic mass is 35.5. The number of nitrogens with zero attached hydrogens (tertiary/aromatic N) is 2. The zero-order chi connectivity index (χ0) is 9.97. The molecule has 1 aliphatic heterocycles. The first-order valence-electron chi connectivity index (χ1n) is 4.66. The molecule has 0 N–H and O–H groups in total. The predicted octanol–water partition coefficient (Wildman–Crippen LogP) is 2.95. The minimum atomic E-state index is 0.743. The van der Waals surface area contributed by atoms with Crippen LogP contribution in [0.3, 0.4) is 0 Å². The predicted molar refractivity (Wildman–Crippen MR) is 60.6 cm³/mol. The van der Waals surface area contributed by atoms with Crippen molar-refractivity contribution in [3.05, 3.63) is 34.9 Å². The fraction of sp³-hybridized carbons (Fsp3) is 0.273. The van der Waals surface area contributed by atoms with Crippen molar-refractivity contribution in [2.24, 2.45) is 9.98 Å². The molecule has 1 aromatic carbocycles. The van der Waals surface area contributed by atoms with Gasteiger partial charge in [-0.3, -0.25) is 4.99 Å². The lowest BCUT2D eigenvalue weighted by Gasteiger charge is -1.96. The Kier molecular flexibility index (Phi) is 2.64. The van der Waals surface area contributed by atoms with Crippen LogP contribution in [0.5, 0.6) is 0 Å². The van der Waals surface area contributed by atoms with Gasteiger partial charge in [0.25, 0.3) is 0 Å². The van der Waals surface area contributed by atoms with Gasteiger partial charge in [0.05, 0.1) is 6.54 Å². The maximum atomic E-state index is 5.80. The van der Waals surface area contributed by atoms with Crippen LogP contribution in [0.2, 0.25) is 5.02 Å². The molecule has 0 bridgehead atoms. The van der Waals surface area contributed by atoms with Crippen molar-refractivity contribution in [1.29, 1.82) is 0 Å². The number of benzene rings is 1. The van der Waals surface area contributed by atoms with Crippen molar-refractivity contribution in [2.45, 2.75) is 13.3 Å². The van der Waals surface area contributed by atoms with Gasteiger partial charge < -0.3 is 0 Å². The number of hydrogen-bond donors (Lipinski definition) is 0. The van der Waals surface area contributed by atoms with Gasteiger partial charge in [0.15, 0.2) is 5.84 Å². The van der Waals surface area contributed by atoms with Gasteiger partial charge in [-0.15, -0.1) is 0 Å². The molecular weight excluding hydrogens is 196 g/mol. The first-order chi connectivity index (χ1) is 6.79. The molecule has 1 aromatic rings. The van der Waals surface area contributed by atoms with E-state index < -0.39 is 0 Å². The molecule has 0 amide bonds. The smallest absolute Gasteiger partial charge is 0.154 e. The molecule has 0 radical (unpaired) electrons. The second kappa shape index (κ2) is 3.93. The number of hydrogen-bond acceptors (Lipinski definition) is 2. The summed E-state index contributed by atoms with van der Waals surface area (Å²) >= 11 is 5.80. The van der Waals surface area contributed by atoms with Gasteiger partial charge in [0, 0.05) is 16.3 Å². The number of halogens is 1. The molecule has 0 aliphatic carbocycles. The molecule has 0 unspecified atom stereocenters. The van der Waals surface area contributed by atoms with E-state index in [2.05, 4.69) is 16.9 Å². The van der Waals surface area contributed by atoms with E-state index in [4.69, 9.17) is 11.6 Å². The van der Waals surface area contributed by atoms with Crippen LogP contribution in [0.15, 0.2) is 34.3 Å². The topological polar surface area (TPSA) is 24.7 Å². The van der Waals surface area contributed by atoms with Crippen molar-refractivity contribution in [3.8, 4) is 0 Å². The monoisotopic (exact) mass is 206 g/mol. The molecule has 14 heavy (non-hydrogen) atoms. The molecule has 0 aromatic heterocycles. The van der Waals surface area contributed by atoms with Gasteiger partial charge in [-0.05, 0) is 30.7 Å². The van der Waals surface area contributed by atoms with Crippen molar-refractivity contribution in [2.75, 3.05) is 6.54 Å². The molecule has 0 atom stereocenters. The summed E-state index contributed by atoms with van der Waals surface area (Å²) in [6, 6.07) is 7.62. The molecular formula is C11H11ClN2. The molecule has 1 aliphatic rings. The van der Waals surface area contributed by atoms with E-state index in [1.807, 2.05) is 24.3 Å². The van der Waals surface area contributed by atoms with Gasteiger partial charge in [-0.1, -0.05) is 18.5 Å². The van der Waals surface area contributed by atoms with E-state index in [9.17, 15) is 0 Å². The fourth-order valence-electron chi connectivity index (χ4n) is 1.33. The van der Waals surface area contributed by atoms with E-state index >= 15 is 0 Å². The summed E-state index contributed by atoms with van der Waals surface area (Å²) in [6.07, 6.45) is 0.973. The summed E-state index contributed by atoms with van der Waals surface area (Å²) < 4.78 is 0. The summed E-state index contributed by atoms with van der Waals surface area (Å²) in [5.74, 6) is 0.832. The zero-order valence-electron chi connectivity index (χ0n) is 8.00. The molecule has 1 heterocycles. The molecule has 2 nitrogen and oxygen atoms in total. The van der Waals surface area contributed by atoms with Crippen LogP contribution < -0.4 is 0 Å². The standard InChI is InChI=1S/C11H11ClN2/c1-2-10-7-13-11(14-10)8-3-5-9(12)6-4-8/h3-6H,2,7H2,1H3. The van der Waals surface area contributed by atoms with Gasteiger partial charge in [-0.25, -0.2) is 4.99 Å². The number of rotatable bonds is 2. The summed E-state index contributed by atoms with van der Waals surface area (Å²) in [5.41, 5.74) is 2.19. The van der Waals surface area contributed by atoms with E-state index in [1.54, 1.807) is 0 Å². The van der Waals surface area contributed by atoms with Gasteiger partial charge in [-0.2, -0.15) is 0 Å². The van der Waals surface area contributed by atoms with Crippen molar-refractivity contribution < 1.29 is 0 Å². The minimum Gasteiger partial charge on any atom is -0.260 e.